The highest BCUT2D eigenvalue weighted by Crippen LogP contribution is 2.14. The molecule has 0 spiro atoms. The van der Waals surface area contributed by atoms with E-state index in [0.29, 0.717) is 5.92 Å². The molecule has 102 valence electrons. The molecule has 0 fully saturated rings. The van der Waals surface area contributed by atoms with Crippen LogP contribution in [0.15, 0.2) is 6.07 Å². The Balaban J connectivity index is 2.77. The number of nitrogens with zero attached hydrogens (tertiary/aromatic N) is 2. The molecule has 0 radical (unpaired) electrons. The van der Waals surface area contributed by atoms with Crippen molar-refractivity contribution < 1.29 is 0 Å². The molecular formula is C14H24N2S2. The molecule has 0 unspecified atom stereocenters. The molecule has 1 aromatic heterocycles. The van der Waals surface area contributed by atoms with Crippen molar-refractivity contribution in [2.24, 2.45) is 0 Å². The van der Waals surface area contributed by atoms with Crippen molar-refractivity contribution >= 4 is 23.5 Å². The van der Waals surface area contributed by atoms with Crippen LogP contribution in [-0.2, 0) is 12.8 Å². The normalized spacial score (nSPS) is 11.2. The second kappa shape index (κ2) is 8.81. The van der Waals surface area contributed by atoms with Crippen molar-refractivity contribution in [2.75, 3.05) is 23.5 Å². The summed E-state index contributed by atoms with van der Waals surface area (Å²) in [7, 11) is 0. The van der Waals surface area contributed by atoms with Crippen LogP contribution in [0.1, 0.15) is 43.9 Å². The molecule has 0 aliphatic carbocycles. The summed E-state index contributed by atoms with van der Waals surface area (Å²) in [4.78, 5) is 9.35. The lowest BCUT2D eigenvalue weighted by molar-refractivity contribution is 0.744. The van der Waals surface area contributed by atoms with Crippen LogP contribution in [-0.4, -0.2) is 33.5 Å². The topological polar surface area (TPSA) is 25.8 Å². The van der Waals surface area contributed by atoms with Gasteiger partial charge in [0.05, 0.1) is 0 Å². The molecule has 0 saturated heterocycles. The molecule has 0 atom stereocenters. The smallest absolute Gasteiger partial charge is 0.131 e. The van der Waals surface area contributed by atoms with E-state index in [9.17, 15) is 0 Å². The van der Waals surface area contributed by atoms with Gasteiger partial charge in [-0.25, -0.2) is 9.97 Å². The van der Waals surface area contributed by atoms with Crippen LogP contribution in [0.4, 0.5) is 0 Å². The lowest BCUT2D eigenvalue weighted by atomic mass is 10.1. The fourth-order valence-electron chi connectivity index (χ4n) is 1.62. The van der Waals surface area contributed by atoms with Gasteiger partial charge in [-0.15, -0.1) is 0 Å². The maximum absolute atomic E-state index is 4.68. The van der Waals surface area contributed by atoms with E-state index in [0.717, 1.165) is 30.2 Å². The maximum Gasteiger partial charge on any atom is 0.131 e. The minimum Gasteiger partial charge on any atom is -0.238 e. The van der Waals surface area contributed by atoms with Crippen molar-refractivity contribution in [1.82, 2.24) is 9.97 Å². The molecule has 0 aliphatic heterocycles. The standard InChI is InChI=1S/C14H24N2S2/c1-5-18-9-7-13-10-12(6-8-17-4)15-14(16-13)11(2)3/h10-11H,5-9H2,1-4H3. The molecule has 0 bridgehead atoms. The molecule has 0 saturated carbocycles. The van der Waals surface area contributed by atoms with Crippen LogP contribution in [0.3, 0.4) is 0 Å². The summed E-state index contributed by atoms with van der Waals surface area (Å²) in [6.07, 6.45) is 4.26. The first kappa shape index (κ1) is 15.8. The predicted octanol–water partition coefficient (Wildman–Crippen LogP) is 3.80. The first-order valence-electron chi connectivity index (χ1n) is 6.60. The van der Waals surface area contributed by atoms with Crippen LogP contribution in [0.5, 0.6) is 0 Å². The summed E-state index contributed by atoms with van der Waals surface area (Å²) in [5.74, 6) is 4.90. The number of thioether (sulfide) groups is 2. The van der Waals surface area contributed by atoms with E-state index in [1.165, 1.54) is 17.1 Å². The van der Waals surface area contributed by atoms with Gasteiger partial charge in [-0.05, 0) is 42.4 Å². The molecule has 18 heavy (non-hydrogen) atoms. The quantitative estimate of drug-likeness (QED) is 0.678. The van der Waals surface area contributed by atoms with E-state index < -0.39 is 0 Å². The number of hydrogen-bond acceptors (Lipinski definition) is 4. The largest absolute Gasteiger partial charge is 0.238 e. The Morgan fingerprint density at radius 1 is 1.11 bits per heavy atom. The predicted molar refractivity (Wildman–Crippen MR) is 84.9 cm³/mol. The molecule has 0 aliphatic rings. The Morgan fingerprint density at radius 2 is 1.72 bits per heavy atom. The lowest BCUT2D eigenvalue weighted by Crippen LogP contribution is -2.06. The van der Waals surface area contributed by atoms with Gasteiger partial charge in [0.2, 0.25) is 0 Å². The Labute approximate surface area is 120 Å². The highest BCUT2D eigenvalue weighted by Gasteiger charge is 2.08. The molecule has 0 amide bonds. The molecule has 1 rings (SSSR count). The monoisotopic (exact) mass is 284 g/mol. The molecule has 1 aromatic rings. The van der Waals surface area contributed by atoms with Crippen molar-refractivity contribution in [3.8, 4) is 0 Å². The van der Waals surface area contributed by atoms with E-state index in [4.69, 9.17) is 0 Å². The Morgan fingerprint density at radius 3 is 2.22 bits per heavy atom. The highest BCUT2D eigenvalue weighted by molar-refractivity contribution is 7.99. The van der Waals surface area contributed by atoms with E-state index >= 15 is 0 Å². The Hall–Kier alpha value is -0.220. The van der Waals surface area contributed by atoms with Gasteiger partial charge in [-0.2, -0.15) is 23.5 Å². The van der Waals surface area contributed by atoms with Crippen molar-refractivity contribution in [2.45, 2.75) is 39.5 Å². The summed E-state index contributed by atoms with van der Waals surface area (Å²) in [6.45, 7) is 6.53. The summed E-state index contributed by atoms with van der Waals surface area (Å²) in [5.41, 5.74) is 2.42. The third kappa shape index (κ3) is 5.61. The van der Waals surface area contributed by atoms with Gasteiger partial charge in [0.1, 0.15) is 5.82 Å². The highest BCUT2D eigenvalue weighted by atomic mass is 32.2. The van der Waals surface area contributed by atoms with Crippen LogP contribution in [0.25, 0.3) is 0 Å². The lowest BCUT2D eigenvalue weighted by Gasteiger charge is -2.10. The molecule has 2 nitrogen and oxygen atoms in total. The van der Waals surface area contributed by atoms with E-state index in [2.05, 4.69) is 43.1 Å². The number of hydrogen-bond donors (Lipinski definition) is 0. The van der Waals surface area contributed by atoms with Gasteiger partial charge >= 0.3 is 0 Å². The van der Waals surface area contributed by atoms with Crippen molar-refractivity contribution in [3.05, 3.63) is 23.3 Å². The number of aryl methyl sites for hydroxylation is 2. The van der Waals surface area contributed by atoms with Gasteiger partial charge in [-0.3, -0.25) is 0 Å². The van der Waals surface area contributed by atoms with E-state index in [1.807, 2.05) is 23.5 Å². The van der Waals surface area contributed by atoms with Crippen LogP contribution < -0.4 is 0 Å². The molecule has 1 heterocycles. The van der Waals surface area contributed by atoms with Crippen LogP contribution >= 0.6 is 23.5 Å². The zero-order valence-corrected chi connectivity index (χ0v) is 13.5. The maximum atomic E-state index is 4.68. The minimum atomic E-state index is 0.414. The average Bonchev–Trinajstić information content (AvgIpc) is 2.36. The van der Waals surface area contributed by atoms with E-state index in [1.54, 1.807) is 0 Å². The third-order valence-corrected chi connectivity index (χ3v) is 4.15. The summed E-state index contributed by atoms with van der Waals surface area (Å²) < 4.78 is 0. The Bertz CT molecular complexity index is 354. The second-order valence-electron chi connectivity index (χ2n) is 4.55. The molecule has 0 aromatic carbocycles. The summed E-state index contributed by atoms with van der Waals surface area (Å²) in [6, 6.07) is 2.19. The molecule has 4 heteroatoms. The minimum absolute atomic E-state index is 0.414. The number of aromatic nitrogens is 2. The van der Waals surface area contributed by atoms with Gasteiger partial charge in [0, 0.05) is 17.3 Å². The zero-order chi connectivity index (χ0) is 13.4. The van der Waals surface area contributed by atoms with E-state index in [-0.39, 0.29) is 0 Å². The zero-order valence-electron chi connectivity index (χ0n) is 11.9. The van der Waals surface area contributed by atoms with Crippen molar-refractivity contribution in [1.29, 1.82) is 0 Å². The van der Waals surface area contributed by atoms with Gasteiger partial charge in [-0.1, -0.05) is 20.8 Å². The first-order chi connectivity index (χ1) is 8.67. The van der Waals surface area contributed by atoms with Crippen LogP contribution in [0.2, 0.25) is 0 Å². The summed E-state index contributed by atoms with van der Waals surface area (Å²) in [5, 5.41) is 0. The first-order valence-corrected chi connectivity index (χ1v) is 9.15. The fraction of sp³-hybridized carbons (Fsp3) is 0.714. The summed E-state index contributed by atoms with van der Waals surface area (Å²) >= 11 is 3.85. The van der Waals surface area contributed by atoms with Crippen LogP contribution in [0, 0.1) is 0 Å². The third-order valence-electron chi connectivity index (χ3n) is 2.63. The van der Waals surface area contributed by atoms with Crippen molar-refractivity contribution in [3.63, 3.8) is 0 Å². The molecule has 0 N–H and O–H groups in total. The Kier molecular flexibility index (Phi) is 7.75. The van der Waals surface area contributed by atoms with Gasteiger partial charge < -0.3 is 0 Å². The number of rotatable bonds is 8. The van der Waals surface area contributed by atoms with Gasteiger partial charge in [0.25, 0.3) is 0 Å². The fourth-order valence-corrected chi connectivity index (χ4v) is 2.67. The average molecular weight is 284 g/mol. The molecular weight excluding hydrogens is 260 g/mol. The van der Waals surface area contributed by atoms with Gasteiger partial charge in [0.15, 0.2) is 0 Å². The second-order valence-corrected chi connectivity index (χ2v) is 6.93. The SMILES string of the molecule is CCSCCc1cc(CCSC)nc(C(C)C)n1.